The lowest BCUT2D eigenvalue weighted by atomic mass is 10.1. The van der Waals surface area contributed by atoms with Crippen molar-refractivity contribution in [2.75, 3.05) is 39.3 Å². The number of hydrogen-bond acceptors (Lipinski definition) is 3. The predicted octanol–water partition coefficient (Wildman–Crippen LogP) is 3.08. The Kier molecular flexibility index (Phi) is 5.67. The van der Waals surface area contributed by atoms with Gasteiger partial charge in [0.25, 0.3) is 5.91 Å². The molecule has 1 aliphatic rings. The minimum Gasteiger partial charge on any atom is -0.492 e. The van der Waals surface area contributed by atoms with Gasteiger partial charge in [-0.15, -0.1) is 0 Å². The van der Waals surface area contributed by atoms with Gasteiger partial charge in [-0.25, -0.2) is 0 Å². The first-order valence-corrected chi connectivity index (χ1v) is 9.31. The molecule has 1 aromatic carbocycles. The summed E-state index contributed by atoms with van der Waals surface area (Å²) in [5.41, 5.74) is 0.775. The summed E-state index contributed by atoms with van der Waals surface area (Å²) in [6, 6.07) is 11.8. The van der Waals surface area contributed by atoms with Gasteiger partial charge in [0.1, 0.15) is 12.4 Å². The maximum Gasteiger partial charge on any atom is 0.255 e. The number of hydrogen-bond donors (Lipinski definition) is 0. The van der Waals surface area contributed by atoms with E-state index in [4.69, 9.17) is 4.74 Å². The summed E-state index contributed by atoms with van der Waals surface area (Å²) >= 11 is 0. The molecule has 1 saturated heterocycles. The summed E-state index contributed by atoms with van der Waals surface area (Å²) in [4.78, 5) is 17.0. The summed E-state index contributed by atoms with van der Waals surface area (Å²) in [6.45, 7) is 11.3. The van der Waals surface area contributed by atoms with Gasteiger partial charge in [0.2, 0.25) is 0 Å². The van der Waals surface area contributed by atoms with E-state index in [0.29, 0.717) is 6.61 Å². The zero-order valence-corrected chi connectivity index (χ0v) is 16.0. The van der Waals surface area contributed by atoms with Crippen molar-refractivity contribution in [3.05, 3.63) is 54.4 Å². The van der Waals surface area contributed by atoms with Gasteiger partial charge in [-0.3, -0.25) is 9.69 Å². The Labute approximate surface area is 156 Å². The molecule has 1 aliphatic heterocycles. The molecular formula is C21H29N3O2. The minimum absolute atomic E-state index is 0.00399. The van der Waals surface area contributed by atoms with Crippen LogP contribution in [-0.2, 0) is 5.54 Å². The average Bonchev–Trinajstić information content (AvgIpc) is 3.13. The average molecular weight is 355 g/mol. The first kappa shape index (κ1) is 18.5. The second kappa shape index (κ2) is 7.96. The van der Waals surface area contributed by atoms with E-state index in [9.17, 15) is 4.79 Å². The zero-order valence-electron chi connectivity index (χ0n) is 16.0. The molecule has 26 heavy (non-hydrogen) atoms. The number of aromatic nitrogens is 1. The third kappa shape index (κ3) is 4.67. The minimum atomic E-state index is -0.00399. The number of ether oxygens (including phenoxy) is 1. The molecule has 5 heteroatoms. The molecule has 1 amide bonds. The highest BCUT2D eigenvalue weighted by molar-refractivity contribution is 5.94. The van der Waals surface area contributed by atoms with Gasteiger partial charge in [-0.1, -0.05) is 18.2 Å². The van der Waals surface area contributed by atoms with Gasteiger partial charge in [0, 0.05) is 50.7 Å². The number of rotatable bonds is 5. The van der Waals surface area contributed by atoms with Crippen LogP contribution in [0.4, 0.5) is 0 Å². The molecule has 0 saturated carbocycles. The summed E-state index contributed by atoms with van der Waals surface area (Å²) in [6.07, 6.45) is 3.95. The normalized spacial score (nSPS) is 15.9. The van der Waals surface area contributed by atoms with E-state index >= 15 is 0 Å². The molecule has 140 valence electrons. The smallest absolute Gasteiger partial charge is 0.255 e. The van der Waals surface area contributed by atoms with Crippen LogP contribution in [0, 0.1) is 0 Å². The van der Waals surface area contributed by atoms with Crippen molar-refractivity contribution in [2.45, 2.75) is 26.3 Å². The fourth-order valence-corrected chi connectivity index (χ4v) is 3.11. The predicted molar refractivity (Wildman–Crippen MR) is 104 cm³/mol. The number of para-hydroxylation sites is 1. The van der Waals surface area contributed by atoms with Gasteiger partial charge in [-0.2, -0.15) is 0 Å². The Bertz CT molecular complexity index is 710. The molecule has 0 bridgehead atoms. The molecule has 5 nitrogen and oxygen atoms in total. The number of carbonyl (C=O) groups excluding carboxylic acids is 1. The third-order valence-electron chi connectivity index (χ3n) is 4.79. The summed E-state index contributed by atoms with van der Waals surface area (Å²) in [5.74, 6) is 1.04. The topological polar surface area (TPSA) is 37.7 Å². The van der Waals surface area contributed by atoms with Crippen molar-refractivity contribution >= 4 is 5.91 Å². The molecule has 1 aromatic heterocycles. The molecule has 0 radical (unpaired) electrons. The maximum absolute atomic E-state index is 12.7. The van der Waals surface area contributed by atoms with Crippen molar-refractivity contribution in [1.29, 1.82) is 0 Å². The van der Waals surface area contributed by atoms with E-state index in [-0.39, 0.29) is 11.4 Å². The molecule has 0 aliphatic carbocycles. The lowest BCUT2D eigenvalue weighted by Gasteiger charge is -2.34. The van der Waals surface area contributed by atoms with Gasteiger partial charge in [0.15, 0.2) is 0 Å². The van der Waals surface area contributed by atoms with Crippen LogP contribution in [-0.4, -0.2) is 59.6 Å². The lowest BCUT2D eigenvalue weighted by Crippen LogP contribution is -2.49. The van der Waals surface area contributed by atoms with Gasteiger partial charge in [0.05, 0.1) is 5.56 Å². The Balaban J connectivity index is 1.44. The molecule has 1 fully saturated rings. The second-order valence-corrected chi connectivity index (χ2v) is 7.77. The molecule has 0 atom stereocenters. The van der Waals surface area contributed by atoms with Crippen LogP contribution >= 0.6 is 0 Å². The Hall–Kier alpha value is -2.27. The third-order valence-corrected chi connectivity index (χ3v) is 4.79. The van der Waals surface area contributed by atoms with Crippen molar-refractivity contribution in [3.63, 3.8) is 0 Å². The Morgan fingerprint density at radius 2 is 1.73 bits per heavy atom. The van der Waals surface area contributed by atoms with Crippen LogP contribution < -0.4 is 4.74 Å². The number of nitrogens with zero attached hydrogens (tertiary/aromatic N) is 3. The molecule has 2 heterocycles. The van der Waals surface area contributed by atoms with Gasteiger partial charge >= 0.3 is 0 Å². The molecular weight excluding hydrogens is 326 g/mol. The van der Waals surface area contributed by atoms with Crippen LogP contribution in [0.5, 0.6) is 5.75 Å². The van der Waals surface area contributed by atoms with E-state index in [1.165, 1.54) is 0 Å². The zero-order chi connectivity index (χ0) is 18.6. The number of amides is 1. The van der Waals surface area contributed by atoms with Crippen LogP contribution in [0.3, 0.4) is 0 Å². The Morgan fingerprint density at radius 3 is 2.35 bits per heavy atom. The molecule has 2 aromatic rings. The molecule has 0 spiro atoms. The van der Waals surface area contributed by atoms with Crippen LogP contribution in [0.25, 0.3) is 0 Å². The summed E-state index contributed by atoms with van der Waals surface area (Å²) in [5, 5.41) is 0. The van der Waals surface area contributed by atoms with Crippen molar-refractivity contribution in [2.24, 2.45) is 0 Å². The van der Waals surface area contributed by atoms with Gasteiger partial charge < -0.3 is 14.2 Å². The SMILES string of the molecule is CC(C)(C)n1ccc(C(=O)N2CCN(CCOc3ccccc3)CC2)c1. The molecule has 3 rings (SSSR count). The van der Waals surface area contributed by atoms with E-state index < -0.39 is 0 Å². The number of benzene rings is 1. The van der Waals surface area contributed by atoms with E-state index in [1.807, 2.05) is 53.7 Å². The fraction of sp³-hybridized carbons (Fsp3) is 0.476. The van der Waals surface area contributed by atoms with Crippen molar-refractivity contribution < 1.29 is 9.53 Å². The molecule has 0 unspecified atom stereocenters. The lowest BCUT2D eigenvalue weighted by molar-refractivity contribution is 0.0620. The van der Waals surface area contributed by atoms with Crippen LogP contribution in [0.15, 0.2) is 48.8 Å². The highest BCUT2D eigenvalue weighted by atomic mass is 16.5. The van der Waals surface area contributed by atoms with E-state index in [1.54, 1.807) is 0 Å². The van der Waals surface area contributed by atoms with E-state index in [2.05, 4.69) is 30.2 Å². The van der Waals surface area contributed by atoms with Crippen LogP contribution in [0.2, 0.25) is 0 Å². The van der Waals surface area contributed by atoms with Crippen molar-refractivity contribution in [1.82, 2.24) is 14.4 Å². The highest BCUT2D eigenvalue weighted by Gasteiger charge is 2.23. The summed E-state index contributed by atoms with van der Waals surface area (Å²) in [7, 11) is 0. The first-order chi connectivity index (χ1) is 12.4. The Morgan fingerprint density at radius 1 is 1.04 bits per heavy atom. The summed E-state index contributed by atoms with van der Waals surface area (Å²) < 4.78 is 7.86. The van der Waals surface area contributed by atoms with Crippen molar-refractivity contribution in [3.8, 4) is 5.75 Å². The quantitative estimate of drug-likeness (QED) is 0.827. The number of carbonyl (C=O) groups is 1. The monoisotopic (exact) mass is 355 g/mol. The number of piperazine rings is 1. The maximum atomic E-state index is 12.7. The van der Waals surface area contributed by atoms with Crippen LogP contribution in [0.1, 0.15) is 31.1 Å². The highest BCUT2D eigenvalue weighted by Crippen LogP contribution is 2.17. The second-order valence-electron chi connectivity index (χ2n) is 7.77. The van der Waals surface area contributed by atoms with E-state index in [0.717, 1.165) is 44.0 Å². The first-order valence-electron chi connectivity index (χ1n) is 9.31. The van der Waals surface area contributed by atoms with Gasteiger partial charge in [-0.05, 0) is 39.0 Å². The molecule has 0 N–H and O–H groups in total. The largest absolute Gasteiger partial charge is 0.492 e. The fourth-order valence-electron chi connectivity index (χ4n) is 3.11. The standard InChI is InChI=1S/C21H29N3O2/c1-21(2,3)24-10-9-18(17-24)20(25)23-13-11-22(12-14-23)15-16-26-19-7-5-4-6-8-19/h4-10,17H,11-16H2,1-3H3.